The zero-order valence-electron chi connectivity index (χ0n) is 14.9. The lowest BCUT2D eigenvalue weighted by atomic mass is 10.2. The number of amides is 1. The van der Waals surface area contributed by atoms with Gasteiger partial charge in [0.05, 0.1) is 18.0 Å². The summed E-state index contributed by atoms with van der Waals surface area (Å²) in [6.45, 7) is 0.545. The summed E-state index contributed by atoms with van der Waals surface area (Å²) in [6, 6.07) is 12.2. The van der Waals surface area contributed by atoms with Gasteiger partial charge in [0, 0.05) is 18.7 Å². The molecule has 1 amide bonds. The summed E-state index contributed by atoms with van der Waals surface area (Å²) in [5.41, 5.74) is 1.25. The number of ether oxygens (including phenoxy) is 2. The smallest absolute Gasteiger partial charge is 0.262 e. The van der Waals surface area contributed by atoms with Gasteiger partial charge in [-0.3, -0.25) is 14.2 Å². The number of aromatic nitrogens is 2. The first-order valence-corrected chi connectivity index (χ1v) is 8.74. The van der Waals surface area contributed by atoms with E-state index < -0.39 is 0 Å². The first-order valence-electron chi connectivity index (χ1n) is 8.74. The minimum atomic E-state index is -0.288. The van der Waals surface area contributed by atoms with Crippen LogP contribution in [0.3, 0.4) is 0 Å². The SMILES string of the molecule is COc1ccc(NC(=O)COc2ccc3nc4n(c(=O)c3c2)CCC4)cc1. The van der Waals surface area contributed by atoms with E-state index in [0.29, 0.717) is 34.6 Å². The second kappa shape index (κ2) is 7.11. The fraction of sp³-hybridized carbons (Fsp3) is 0.250. The molecule has 0 saturated heterocycles. The van der Waals surface area contributed by atoms with Gasteiger partial charge in [0.1, 0.15) is 17.3 Å². The number of aryl methyl sites for hydroxylation is 1. The highest BCUT2D eigenvalue weighted by molar-refractivity contribution is 5.92. The molecule has 1 aliphatic rings. The van der Waals surface area contributed by atoms with E-state index in [9.17, 15) is 9.59 Å². The Morgan fingerprint density at radius 1 is 1.19 bits per heavy atom. The van der Waals surface area contributed by atoms with Gasteiger partial charge in [-0.25, -0.2) is 4.98 Å². The van der Waals surface area contributed by atoms with Crippen LogP contribution in [-0.4, -0.2) is 29.2 Å². The number of rotatable bonds is 5. The number of carbonyl (C=O) groups is 1. The quantitative estimate of drug-likeness (QED) is 0.751. The number of anilines is 1. The van der Waals surface area contributed by atoms with Gasteiger partial charge in [0.25, 0.3) is 11.5 Å². The first-order chi connectivity index (χ1) is 13.1. The van der Waals surface area contributed by atoms with Gasteiger partial charge in [-0.2, -0.15) is 0 Å². The Labute approximate surface area is 155 Å². The average Bonchev–Trinajstić information content (AvgIpc) is 3.16. The van der Waals surface area contributed by atoms with Crippen molar-refractivity contribution in [1.82, 2.24) is 9.55 Å². The Hall–Kier alpha value is -3.35. The third kappa shape index (κ3) is 3.48. The molecule has 0 unspecified atom stereocenters. The molecule has 0 spiro atoms. The minimum Gasteiger partial charge on any atom is -0.497 e. The van der Waals surface area contributed by atoms with Crippen LogP contribution < -0.4 is 20.3 Å². The van der Waals surface area contributed by atoms with Crippen molar-refractivity contribution in [2.24, 2.45) is 0 Å². The van der Waals surface area contributed by atoms with Crippen LogP contribution in [0, 0.1) is 0 Å². The zero-order chi connectivity index (χ0) is 18.8. The summed E-state index contributed by atoms with van der Waals surface area (Å²) in [7, 11) is 1.58. The van der Waals surface area contributed by atoms with Crippen LogP contribution in [-0.2, 0) is 17.8 Å². The van der Waals surface area contributed by atoms with Crippen molar-refractivity contribution in [3.8, 4) is 11.5 Å². The molecule has 0 saturated carbocycles. The molecular weight excluding hydrogens is 346 g/mol. The Morgan fingerprint density at radius 3 is 2.74 bits per heavy atom. The van der Waals surface area contributed by atoms with E-state index in [0.717, 1.165) is 18.7 Å². The van der Waals surface area contributed by atoms with Crippen LogP contribution in [0.25, 0.3) is 10.9 Å². The van der Waals surface area contributed by atoms with Crippen molar-refractivity contribution >= 4 is 22.5 Å². The number of hydrogen-bond acceptors (Lipinski definition) is 5. The molecule has 1 N–H and O–H groups in total. The van der Waals surface area contributed by atoms with Crippen molar-refractivity contribution in [1.29, 1.82) is 0 Å². The lowest BCUT2D eigenvalue weighted by Crippen LogP contribution is -2.22. The Bertz CT molecular complexity index is 1060. The van der Waals surface area contributed by atoms with Gasteiger partial charge in [-0.1, -0.05) is 0 Å². The van der Waals surface area contributed by atoms with Gasteiger partial charge in [0.2, 0.25) is 0 Å². The van der Waals surface area contributed by atoms with Gasteiger partial charge >= 0.3 is 0 Å². The van der Waals surface area contributed by atoms with E-state index in [4.69, 9.17) is 9.47 Å². The number of hydrogen-bond donors (Lipinski definition) is 1. The minimum absolute atomic E-state index is 0.0550. The second-order valence-corrected chi connectivity index (χ2v) is 6.33. The van der Waals surface area contributed by atoms with Crippen LogP contribution >= 0.6 is 0 Å². The van der Waals surface area contributed by atoms with Crippen LogP contribution in [0.5, 0.6) is 11.5 Å². The highest BCUT2D eigenvalue weighted by atomic mass is 16.5. The van der Waals surface area contributed by atoms with E-state index in [1.165, 1.54) is 0 Å². The molecule has 0 atom stereocenters. The number of nitrogens with zero attached hydrogens (tertiary/aromatic N) is 2. The van der Waals surface area contributed by atoms with Gasteiger partial charge < -0.3 is 14.8 Å². The van der Waals surface area contributed by atoms with Crippen molar-refractivity contribution in [2.75, 3.05) is 19.0 Å². The molecule has 7 nitrogen and oxygen atoms in total. The van der Waals surface area contributed by atoms with Crippen molar-refractivity contribution in [3.63, 3.8) is 0 Å². The molecule has 4 rings (SSSR count). The molecule has 2 heterocycles. The normalized spacial score (nSPS) is 12.6. The predicted octanol–water partition coefficient (Wildman–Crippen LogP) is 2.37. The summed E-state index contributed by atoms with van der Waals surface area (Å²) in [4.78, 5) is 29.2. The van der Waals surface area contributed by atoms with Gasteiger partial charge in [-0.05, 0) is 48.9 Å². The van der Waals surface area contributed by atoms with E-state index in [2.05, 4.69) is 10.3 Å². The van der Waals surface area contributed by atoms with E-state index in [1.54, 1.807) is 54.1 Å². The number of nitrogens with one attached hydrogen (secondary N) is 1. The first kappa shape index (κ1) is 17.1. The molecule has 0 radical (unpaired) electrons. The number of carbonyl (C=O) groups excluding carboxylic acids is 1. The fourth-order valence-electron chi connectivity index (χ4n) is 3.17. The zero-order valence-corrected chi connectivity index (χ0v) is 14.9. The van der Waals surface area contributed by atoms with E-state index in [-0.39, 0.29) is 18.1 Å². The fourth-order valence-corrected chi connectivity index (χ4v) is 3.17. The molecule has 1 aliphatic heterocycles. The summed E-state index contributed by atoms with van der Waals surface area (Å²) < 4.78 is 12.3. The maximum Gasteiger partial charge on any atom is 0.262 e. The third-order valence-corrected chi connectivity index (χ3v) is 4.53. The molecule has 0 aliphatic carbocycles. The van der Waals surface area contributed by atoms with E-state index in [1.807, 2.05) is 0 Å². The summed E-state index contributed by atoms with van der Waals surface area (Å²) >= 11 is 0. The molecule has 27 heavy (non-hydrogen) atoms. The molecule has 138 valence electrons. The summed E-state index contributed by atoms with van der Waals surface area (Å²) in [6.07, 6.45) is 1.77. The molecular formula is C20H19N3O4. The highest BCUT2D eigenvalue weighted by Gasteiger charge is 2.16. The van der Waals surface area contributed by atoms with E-state index >= 15 is 0 Å². The van der Waals surface area contributed by atoms with Gasteiger partial charge in [-0.15, -0.1) is 0 Å². The number of benzene rings is 2. The number of methoxy groups -OCH3 is 1. The number of fused-ring (bicyclic) bond motifs is 2. The summed E-state index contributed by atoms with van der Waals surface area (Å²) in [5, 5.41) is 3.26. The third-order valence-electron chi connectivity index (χ3n) is 4.53. The standard InChI is InChI=1S/C20H19N3O4/c1-26-14-6-4-13(5-7-14)21-19(24)12-27-15-8-9-17-16(11-15)20(25)23-10-2-3-18(23)22-17/h4-9,11H,2-3,10,12H2,1H3,(H,21,24). The molecule has 0 bridgehead atoms. The van der Waals surface area contributed by atoms with Gasteiger partial charge in [0.15, 0.2) is 6.61 Å². The topological polar surface area (TPSA) is 82.4 Å². The monoisotopic (exact) mass is 365 g/mol. The van der Waals surface area contributed by atoms with Crippen LogP contribution in [0.1, 0.15) is 12.2 Å². The van der Waals surface area contributed by atoms with Crippen molar-refractivity contribution in [3.05, 3.63) is 58.6 Å². The maximum atomic E-state index is 12.6. The van der Waals surface area contributed by atoms with Crippen LogP contribution in [0.15, 0.2) is 47.3 Å². The summed E-state index contributed by atoms with van der Waals surface area (Å²) in [5.74, 6) is 1.72. The van der Waals surface area contributed by atoms with Crippen LogP contribution in [0.4, 0.5) is 5.69 Å². The maximum absolute atomic E-state index is 12.6. The molecule has 7 heteroatoms. The predicted molar refractivity (Wildman–Crippen MR) is 101 cm³/mol. The lowest BCUT2D eigenvalue weighted by molar-refractivity contribution is -0.118. The van der Waals surface area contributed by atoms with Crippen molar-refractivity contribution in [2.45, 2.75) is 19.4 Å². The molecule has 0 fully saturated rings. The Balaban J connectivity index is 1.45. The lowest BCUT2D eigenvalue weighted by Gasteiger charge is -2.09. The largest absolute Gasteiger partial charge is 0.497 e. The van der Waals surface area contributed by atoms with Crippen LogP contribution in [0.2, 0.25) is 0 Å². The van der Waals surface area contributed by atoms with Crippen molar-refractivity contribution < 1.29 is 14.3 Å². The average molecular weight is 365 g/mol. The Kier molecular flexibility index (Phi) is 4.50. The Morgan fingerprint density at radius 2 is 1.96 bits per heavy atom. The molecule has 3 aromatic rings. The highest BCUT2D eigenvalue weighted by Crippen LogP contribution is 2.20. The molecule has 2 aromatic carbocycles. The molecule has 1 aromatic heterocycles. The second-order valence-electron chi connectivity index (χ2n) is 6.33.